The molecule has 0 amide bonds. The molecule has 7 nitrogen and oxygen atoms in total. The maximum absolute atomic E-state index is 12.7. The molecule has 0 radical (unpaired) electrons. The van der Waals surface area contributed by atoms with Gasteiger partial charge in [-0.2, -0.15) is 8.42 Å². The number of nitro groups is 1. The first-order chi connectivity index (χ1) is 12.9. The number of benzene rings is 3. The van der Waals surface area contributed by atoms with Crippen molar-refractivity contribution in [3.05, 3.63) is 82.9 Å². The van der Waals surface area contributed by atoms with Gasteiger partial charge in [0.2, 0.25) is 0 Å². The summed E-state index contributed by atoms with van der Waals surface area (Å²) in [6.45, 7) is 0. The Balaban J connectivity index is 2.06. The van der Waals surface area contributed by atoms with Gasteiger partial charge in [0.15, 0.2) is 10.6 Å². The van der Waals surface area contributed by atoms with Gasteiger partial charge in [-0.05, 0) is 23.8 Å². The van der Waals surface area contributed by atoms with Crippen LogP contribution < -0.4 is 8.92 Å². The Bertz CT molecular complexity index is 1080. The van der Waals surface area contributed by atoms with Crippen LogP contribution >= 0.6 is 0 Å². The van der Waals surface area contributed by atoms with Crippen LogP contribution in [0.2, 0.25) is 0 Å². The van der Waals surface area contributed by atoms with Crippen molar-refractivity contribution in [2.75, 3.05) is 7.11 Å². The summed E-state index contributed by atoms with van der Waals surface area (Å²) >= 11 is 0. The Kier molecular flexibility index (Phi) is 5.09. The highest BCUT2D eigenvalue weighted by Crippen LogP contribution is 2.34. The quantitative estimate of drug-likeness (QED) is 0.361. The van der Waals surface area contributed by atoms with Crippen molar-refractivity contribution in [1.29, 1.82) is 0 Å². The van der Waals surface area contributed by atoms with Gasteiger partial charge in [0.25, 0.3) is 5.69 Å². The lowest BCUT2D eigenvalue weighted by molar-refractivity contribution is -0.388. The van der Waals surface area contributed by atoms with E-state index in [4.69, 9.17) is 8.92 Å². The largest absolute Gasteiger partial charge is 0.497 e. The van der Waals surface area contributed by atoms with Crippen molar-refractivity contribution in [2.24, 2.45) is 0 Å². The maximum Gasteiger partial charge on any atom is 0.346 e. The zero-order valence-electron chi connectivity index (χ0n) is 14.2. The third-order valence-electron chi connectivity index (χ3n) is 3.80. The van der Waals surface area contributed by atoms with Gasteiger partial charge < -0.3 is 8.92 Å². The van der Waals surface area contributed by atoms with Crippen molar-refractivity contribution >= 4 is 15.8 Å². The average molecular weight is 385 g/mol. The van der Waals surface area contributed by atoms with Gasteiger partial charge in [-0.25, -0.2) is 0 Å². The molecule has 3 aromatic carbocycles. The highest BCUT2D eigenvalue weighted by atomic mass is 32.2. The zero-order chi connectivity index (χ0) is 19.4. The van der Waals surface area contributed by atoms with Crippen molar-refractivity contribution < 1.29 is 22.3 Å². The molecule has 3 rings (SSSR count). The van der Waals surface area contributed by atoms with E-state index < -0.39 is 25.6 Å². The van der Waals surface area contributed by atoms with Gasteiger partial charge >= 0.3 is 10.1 Å². The molecule has 0 aliphatic carbocycles. The fraction of sp³-hybridized carbons (Fsp3) is 0.0526. The van der Waals surface area contributed by atoms with Crippen LogP contribution in [0.3, 0.4) is 0 Å². The number of para-hydroxylation sites is 1. The standard InChI is InChI=1S/C19H15NO6S/c1-25-15-11-12-19(17(13-15)20(21)22)27(23,24)26-18-10-6-5-9-16(18)14-7-3-2-4-8-14/h2-13H,1H3. The van der Waals surface area contributed by atoms with Gasteiger partial charge in [-0.3, -0.25) is 10.1 Å². The van der Waals surface area contributed by atoms with Gasteiger partial charge in [0, 0.05) is 5.56 Å². The number of methoxy groups -OCH3 is 1. The highest BCUT2D eigenvalue weighted by Gasteiger charge is 2.29. The lowest BCUT2D eigenvalue weighted by atomic mass is 10.1. The first-order valence-electron chi connectivity index (χ1n) is 7.84. The van der Waals surface area contributed by atoms with Crippen LogP contribution in [0.15, 0.2) is 77.7 Å². The van der Waals surface area contributed by atoms with E-state index in [9.17, 15) is 18.5 Å². The van der Waals surface area contributed by atoms with Crippen molar-refractivity contribution in [2.45, 2.75) is 4.90 Å². The number of ether oxygens (including phenoxy) is 1. The Labute approximate surface area is 156 Å². The molecule has 0 aromatic heterocycles. The summed E-state index contributed by atoms with van der Waals surface area (Å²) in [6.07, 6.45) is 0. The average Bonchev–Trinajstić information content (AvgIpc) is 2.68. The number of hydrogen-bond acceptors (Lipinski definition) is 6. The van der Waals surface area contributed by atoms with Gasteiger partial charge in [-0.1, -0.05) is 48.5 Å². The van der Waals surface area contributed by atoms with E-state index in [1.807, 2.05) is 30.3 Å². The Morgan fingerprint density at radius 2 is 1.59 bits per heavy atom. The summed E-state index contributed by atoms with van der Waals surface area (Å²) in [5, 5.41) is 11.3. The van der Waals surface area contributed by atoms with Crippen LogP contribution in [0, 0.1) is 10.1 Å². The molecule has 0 spiro atoms. The summed E-state index contributed by atoms with van der Waals surface area (Å²) in [7, 11) is -3.11. The van der Waals surface area contributed by atoms with E-state index in [1.165, 1.54) is 19.2 Å². The fourth-order valence-electron chi connectivity index (χ4n) is 2.54. The van der Waals surface area contributed by atoms with Crippen LogP contribution in [0.5, 0.6) is 11.5 Å². The zero-order valence-corrected chi connectivity index (χ0v) is 15.0. The summed E-state index contributed by atoms with van der Waals surface area (Å²) in [6, 6.07) is 19.1. The molecule has 0 N–H and O–H groups in total. The van der Waals surface area contributed by atoms with Crippen LogP contribution in [0.4, 0.5) is 5.69 Å². The molecule has 8 heteroatoms. The molecule has 0 bridgehead atoms. The summed E-state index contributed by atoms with van der Waals surface area (Å²) in [5.74, 6) is 0.249. The van der Waals surface area contributed by atoms with Gasteiger partial charge in [-0.15, -0.1) is 0 Å². The number of rotatable bonds is 6. The molecule has 0 aliphatic rings. The van der Waals surface area contributed by atoms with Crippen molar-refractivity contribution in [1.82, 2.24) is 0 Å². The van der Waals surface area contributed by atoms with E-state index in [0.717, 1.165) is 17.7 Å². The third kappa shape index (κ3) is 3.90. The second-order valence-corrected chi connectivity index (χ2v) is 7.01. The molecule has 0 saturated carbocycles. The minimum atomic E-state index is -4.44. The van der Waals surface area contributed by atoms with E-state index in [0.29, 0.717) is 5.56 Å². The van der Waals surface area contributed by atoms with Crippen LogP contribution in [0.1, 0.15) is 0 Å². The van der Waals surface area contributed by atoms with Gasteiger partial charge in [0.05, 0.1) is 18.1 Å². The fourth-order valence-corrected chi connectivity index (χ4v) is 3.63. The number of nitrogens with zero attached hydrogens (tertiary/aromatic N) is 1. The molecule has 0 heterocycles. The molecule has 0 saturated heterocycles. The molecule has 0 fully saturated rings. The predicted octanol–water partition coefficient (Wildman–Crippen LogP) is 4.04. The van der Waals surface area contributed by atoms with Crippen LogP contribution in [-0.2, 0) is 10.1 Å². The molecule has 0 aliphatic heterocycles. The number of nitro benzene ring substituents is 1. The summed E-state index contributed by atoms with van der Waals surface area (Å²) in [4.78, 5) is 9.97. The molecule has 138 valence electrons. The van der Waals surface area contributed by atoms with E-state index in [2.05, 4.69) is 0 Å². The van der Waals surface area contributed by atoms with Crippen molar-refractivity contribution in [3.8, 4) is 22.6 Å². The van der Waals surface area contributed by atoms with Crippen LogP contribution in [0.25, 0.3) is 11.1 Å². The molecular weight excluding hydrogens is 370 g/mol. The Morgan fingerprint density at radius 3 is 2.26 bits per heavy atom. The Morgan fingerprint density at radius 1 is 0.926 bits per heavy atom. The van der Waals surface area contributed by atoms with E-state index in [1.54, 1.807) is 18.2 Å². The first kappa shape index (κ1) is 18.4. The topological polar surface area (TPSA) is 95.7 Å². The van der Waals surface area contributed by atoms with E-state index >= 15 is 0 Å². The predicted molar refractivity (Wildman–Crippen MR) is 99.3 cm³/mol. The lowest BCUT2D eigenvalue weighted by Gasteiger charge is -2.12. The lowest BCUT2D eigenvalue weighted by Crippen LogP contribution is -2.12. The SMILES string of the molecule is COc1ccc(S(=O)(=O)Oc2ccccc2-c2ccccc2)c([N+](=O)[O-])c1. The first-order valence-corrected chi connectivity index (χ1v) is 9.24. The molecule has 27 heavy (non-hydrogen) atoms. The van der Waals surface area contributed by atoms with Crippen LogP contribution in [-0.4, -0.2) is 20.5 Å². The van der Waals surface area contributed by atoms with Gasteiger partial charge in [0.1, 0.15) is 5.75 Å². The maximum atomic E-state index is 12.7. The van der Waals surface area contributed by atoms with Crippen molar-refractivity contribution in [3.63, 3.8) is 0 Å². The molecule has 0 unspecified atom stereocenters. The molecule has 0 atom stereocenters. The summed E-state index contributed by atoms with van der Waals surface area (Å²) < 4.78 is 35.7. The normalized spacial score (nSPS) is 11.0. The molecule has 3 aromatic rings. The smallest absolute Gasteiger partial charge is 0.346 e. The minimum absolute atomic E-state index is 0.0776. The second kappa shape index (κ2) is 7.46. The highest BCUT2D eigenvalue weighted by molar-refractivity contribution is 7.87. The second-order valence-electron chi connectivity index (χ2n) is 5.49. The third-order valence-corrected chi connectivity index (χ3v) is 5.09. The molecular formula is C19H15NO6S. The monoisotopic (exact) mass is 385 g/mol. The summed E-state index contributed by atoms with van der Waals surface area (Å²) in [5.41, 5.74) is 0.692. The van der Waals surface area contributed by atoms with E-state index in [-0.39, 0.29) is 11.5 Å². The minimum Gasteiger partial charge on any atom is -0.497 e. The number of hydrogen-bond donors (Lipinski definition) is 0. The Hall–Kier alpha value is -3.39.